The lowest BCUT2D eigenvalue weighted by molar-refractivity contribution is -0.119. The minimum atomic E-state index is -0.710. The molecule has 1 aromatic heterocycles. The Morgan fingerprint density at radius 3 is 2.48 bits per heavy atom. The molecular formula is C19H14ClNO4. The Kier molecular flexibility index (Phi) is 5.16. The number of carbonyl (C=O) groups excluding carboxylic acids is 2. The van der Waals surface area contributed by atoms with Crippen LogP contribution < -0.4 is 5.32 Å². The second kappa shape index (κ2) is 7.68. The average molecular weight is 356 g/mol. The molecule has 0 spiro atoms. The number of esters is 1. The smallest absolute Gasteiger partial charge is 0.375 e. The molecule has 0 radical (unpaired) electrons. The molecule has 1 amide bonds. The summed E-state index contributed by atoms with van der Waals surface area (Å²) in [6.45, 7) is -0.445. The van der Waals surface area contributed by atoms with Crippen LogP contribution in [0.15, 0.2) is 71.3 Å². The molecule has 0 fully saturated rings. The van der Waals surface area contributed by atoms with Crippen LogP contribution in [0.3, 0.4) is 0 Å². The molecule has 6 heteroatoms. The van der Waals surface area contributed by atoms with E-state index in [1.54, 1.807) is 30.3 Å². The standard InChI is InChI=1S/C19H14ClNO4/c20-15-8-4-5-9-16(15)21-17(22)12-25-19(23)18-14(10-11-24-18)13-6-2-1-3-7-13/h1-11H,12H2,(H,21,22). The Labute approximate surface area is 149 Å². The number of para-hydroxylation sites is 1. The van der Waals surface area contributed by atoms with Crippen molar-refractivity contribution in [3.05, 3.63) is 77.7 Å². The molecule has 5 nitrogen and oxygen atoms in total. The molecule has 0 aliphatic carbocycles. The molecule has 1 N–H and O–H groups in total. The van der Waals surface area contributed by atoms with E-state index in [-0.39, 0.29) is 5.76 Å². The molecule has 3 aromatic rings. The van der Waals surface area contributed by atoms with E-state index < -0.39 is 18.5 Å². The molecule has 0 aliphatic heterocycles. The highest BCUT2D eigenvalue weighted by molar-refractivity contribution is 6.33. The molecule has 0 unspecified atom stereocenters. The zero-order chi connectivity index (χ0) is 17.6. The van der Waals surface area contributed by atoms with Crippen LogP contribution in [0.2, 0.25) is 5.02 Å². The quantitative estimate of drug-likeness (QED) is 0.689. The molecule has 2 aromatic carbocycles. The lowest BCUT2D eigenvalue weighted by Crippen LogP contribution is -2.21. The number of nitrogens with one attached hydrogen (secondary N) is 1. The second-order valence-electron chi connectivity index (χ2n) is 5.13. The minimum absolute atomic E-state index is 0.0525. The van der Waals surface area contributed by atoms with Crippen LogP contribution >= 0.6 is 11.6 Å². The fourth-order valence-corrected chi connectivity index (χ4v) is 2.44. The van der Waals surface area contributed by atoms with Gasteiger partial charge in [0.15, 0.2) is 6.61 Å². The van der Waals surface area contributed by atoms with Crippen molar-refractivity contribution >= 4 is 29.2 Å². The van der Waals surface area contributed by atoms with Crippen molar-refractivity contribution in [3.63, 3.8) is 0 Å². The normalized spacial score (nSPS) is 10.3. The maximum atomic E-state index is 12.2. The summed E-state index contributed by atoms with van der Waals surface area (Å²) in [6.07, 6.45) is 1.41. The topological polar surface area (TPSA) is 68.5 Å². The van der Waals surface area contributed by atoms with Crippen LogP contribution in [0.5, 0.6) is 0 Å². The summed E-state index contributed by atoms with van der Waals surface area (Å²) in [5.41, 5.74) is 1.88. The molecule has 25 heavy (non-hydrogen) atoms. The van der Waals surface area contributed by atoms with Gasteiger partial charge >= 0.3 is 5.97 Å². The van der Waals surface area contributed by atoms with Crippen molar-refractivity contribution in [2.75, 3.05) is 11.9 Å². The highest BCUT2D eigenvalue weighted by Crippen LogP contribution is 2.25. The molecule has 0 saturated heterocycles. The van der Waals surface area contributed by atoms with Crippen molar-refractivity contribution in [3.8, 4) is 11.1 Å². The van der Waals surface area contributed by atoms with Crippen LogP contribution in [0.1, 0.15) is 10.6 Å². The number of benzene rings is 2. The van der Waals surface area contributed by atoms with E-state index in [0.717, 1.165) is 5.56 Å². The van der Waals surface area contributed by atoms with Crippen LogP contribution in [-0.4, -0.2) is 18.5 Å². The SMILES string of the molecule is O=C(COC(=O)c1occc1-c1ccccc1)Nc1ccccc1Cl. The molecule has 0 saturated carbocycles. The van der Waals surface area contributed by atoms with E-state index in [9.17, 15) is 9.59 Å². The number of ether oxygens (including phenoxy) is 1. The van der Waals surface area contributed by atoms with Gasteiger partial charge in [0, 0.05) is 5.56 Å². The van der Waals surface area contributed by atoms with Crippen molar-refractivity contribution in [1.82, 2.24) is 0 Å². The maximum absolute atomic E-state index is 12.2. The molecule has 0 aliphatic rings. The summed E-state index contributed by atoms with van der Waals surface area (Å²) >= 11 is 5.96. The number of rotatable bonds is 5. The zero-order valence-electron chi connectivity index (χ0n) is 13.1. The van der Waals surface area contributed by atoms with Gasteiger partial charge in [-0.3, -0.25) is 4.79 Å². The van der Waals surface area contributed by atoms with Gasteiger partial charge in [0.25, 0.3) is 5.91 Å². The van der Waals surface area contributed by atoms with Crippen molar-refractivity contribution in [1.29, 1.82) is 0 Å². The van der Waals surface area contributed by atoms with Gasteiger partial charge in [-0.2, -0.15) is 0 Å². The predicted octanol–water partition coefficient (Wildman–Crippen LogP) is 4.40. The Morgan fingerprint density at radius 2 is 1.72 bits per heavy atom. The van der Waals surface area contributed by atoms with Gasteiger partial charge in [0.05, 0.1) is 17.0 Å². The zero-order valence-corrected chi connectivity index (χ0v) is 13.8. The monoisotopic (exact) mass is 355 g/mol. The summed E-state index contributed by atoms with van der Waals surface area (Å²) < 4.78 is 10.3. The van der Waals surface area contributed by atoms with Crippen LogP contribution in [0.25, 0.3) is 11.1 Å². The summed E-state index contributed by atoms with van der Waals surface area (Å²) in [6, 6.07) is 17.8. The summed E-state index contributed by atoms with van der Waals surface area (Å²) in [4.78, 5) is 24.1. The molecular weight excluding hydrogens is 342 g/mol. The van der Waals surface area contributed by atoms with Gasteiger partial charge in [0.2, 0.25) is 5.76 Å². The minimum Gasteiger partial charge on any atom is -0.457 e. The lowest BCUT2D eigenvalue weighted by atomic mass is 10.1. The fraction of sp³-hybridized carbons (Fsp3) is 0.0526. The Hall–Kier alpha value is -3.05. The number of halogens is 1. The Morgan fingerprint density at radius 1 is 1.00 bits per heavy atom. The highest BCUT2D eigenvalue weighted by Gasteiger charge is 2.19. The molecule has 3 rings (SSSR count). The third-order valence-electron chi connectivity index (χ3n) is 3.42. The van der Waals surface area contributed by atoms with Crippen molar-refractivity contribution in [2.45, 2.75) is 0 Å². The van der Waals surface area contributed by atoms with Crippen molar-refractivity contribution < 1.29 is 18.7 Å². The first-order chi connectivity index (χ1) is 12.1. The van der Waals surface area contributed by atoms with Crippen LogP contribution in [0.4, 0.5) is 5.69 Å². The molecule has 1 heterocycles. The molecule has 126 valence electrons. The average Bonchev–Trinajstić information content (AvgIpc) is 3.12. The van der Waals surface area contributed by atoms with Crippen LogP contribution in [0, 0.1) is 0 Å². The Balaban J connectivity index is 1.63. The number of hydrogen-bond donors (Lipinski definition) is 1. The summed E-state index contributed by atoms with van der Waals surface area (Å²) in [7, 11) is 0. The largest absolute Gasteiger partial charge is 0.457 e. The van der Waals surface area contributed by atoms with Gasteiger partial charge in [0.1, 0.15) is 0 Å². The van der Waals surface area contributed by atoms with E-state index >= 15 is 0 Å². The number of carbonyl (C=O) groups is 2. The van der Waals surface area contributed by atoms with Crippen LogP contribution in [-0.2, 0) is 9.53 Å². The summed E-state index contributed by atoms with van der Waals surface area (Å²) in [5, 5.41) is 2.98. The van der Waals surface area contributed by atoms with E-state index in [1.807, 2.05) is 30.3 Å². The van der Waals surface area contributed by atoms with Crippen molar-refractivity contribution in [2.24, 2.45) is 0 Å². The Bertz CT molecular complexity index is 889. The fourth-order valence-electron chi connectivity index (χ4n) is 2.26. The highest BCUT2D eigenvalue weighted by atomic mass is 35.5. The number of amides is 1. The number of anilines is 1. The summed E-state index contributed by atoms with van der Waals surface area (Å²) in [5.74, 6) is -1.15. The van der Waals surface area contributed by atoms with E-state index in [1.165, 1.54) is 6.26 Å². The van der Waals surface area contributed by atoms with Gasteiger partial charge in [-0.05, 0) is 23.8 Å². The first kappa shape index (κ1) is 16.8. The van der Waals surface area contributed by atoms with E-state index in [2.05, 4.69) is 5.32 Å². The molecule has 0 atom stereocenters. The third-order valence-corrected chi connectivity index (χ3v) is 3.75. The third kappa shape index (κ3) is 4.08. The predicted molar refractivity (Wildman–Crippen MR) is 94.5 cm³/mol. The van der Waals surface area contributed by atoms with Gasteiger partial charge < -0.3 is 14.5 Å². The maximum Gasteiger partial charge on any atom is 0.375 e. The van der Waals surface area contributed by atoms with Gasteiger partial charge in [-0.15, -0.1) is 0 Å². The lowest BCUT2D eigenvalue weighted by Gasteiger charge is -2.08. The van der Waals surface area contributed by atoms with Gasteiger partial charge in [-0.1, -0.05) is 54.1 Å². The first-order valence-corrected chi connectivity index (χ1v) is 7.87. The molecule has 0 bridgehead atoms. The number of hydrogen-bond acceptors (Lipinski definition) is 4. The van der Waals surface area contributed by atoms with Gasteiger partial charge in [-0.25, -0.2) is 4.79 Å². The second-order valence-corrected chi connectivity index (χ2v) is 5.54. The number of furan rings is 1. The van der Waals surface area contributed by atoms with E-state index in [0.29, 0.717) is 16.3 Å². The van der Waals surface area contributed by atoms with E-state index in [4.69, 9.17) is 20.8 Å². The first-order valence-electron chi connectivity index (χ1n) is 7.49.